The van der Waals surface area contributed by atoms with Crippen LogP contribution in [0.2, 0.25) is 0 Å². The zero-order valence-electron chi connectivity index (χ0n) is 9.11. The summed E-state index contributed by atoms with van der Waals surface area (Å²) in [4.78, 5) is 8.05. The molecule has 1 aliphatic heterocycles. The fourth-order valence-corrected chi connectivity index (χ4v) is 2.07. The molecule has 1 aliphatic rings. The van der Waals surface area contributed by atoms with Gasteiger partial charge in [0.15, 0.2) is 0 Å². The van der Waals surface area contributed by atoms with Crippen molar-refractivity contribution in [1.82, 2.24) is 9.97 Å². The van der Waals surface area contributed by atoms with Gasteiger partial charge in [-0.3, -0.25) is 0 Å². The van der Waals surface area contributed by atoms with E-state index >= 15 is 0 Å². The van der Waals surface area contributed by atoms with E-state index in [9.17, 15) is 0 Å². The third-order valence-corrected chi connectivity index (χ3v) is 3.38. The van der Waals surface area contributed by atoms with E-state index in [-0.39, 0.29) is 5.95 Å². The Hall–Kier alpha value is -0.880. The van der Waals surface area contributed by atoms with Crippen molar-refractivity contribution in [3.8, 4) is 0 Å². The second-order valence-corrected chi connectivity index (χ2v) is 4.84. The number of nitrogens with one attached hydrogen (secondary N) is 1. The molecule has 88 valence electrons. The molecule has 5 nitrogen and oxygen atoms in total. The van der Waals surface area contributed by atoms with E-state index in [2.05, 4.69) is 38.1 Å². The molecule has 2 rings (SSSR count). The molecule has 1 saturated heterocycles. The lowest BCUT2D eigenvalue weighted by Gasteiger charge is -2.20. The van der Waals surface area contributed by atoms with Gasteiger partial charge in [0.2, 0.25) is 5.95 Å². The van der Waals surface area contributed by atoms with Crippen molar-refractivity contribution < 1.29 is 4.74 Å². The molecule has 1 aromatic rings. The van der Waals surface area contributed by atoms with Gasteiger partial charge >= 0.3 is 0 Å². The van der Waals surface area contributed by atoms with Crippen molar-refractivity contribution in [2.75, 3.05) is 24.3 Å². The first-order valence-electron chi connectivity index (χ1n) is 5.29. The molecule has 0 bridgehead atoms. The zero-order chi connectivity index (χ0) is 11.5. The summed E-state index contributed by atoms with van der Waals surface area (Å²) < 4.78 is 6.19. The molecule has 2 heterocycles. The van der Waals surface area contributed by atoms with Gasteiger partial charge in [-0.25, -0.2) is 4.98 Å². The molecule has 1 aromatic heterocycles. The van der Waals surface area contributed by atoms with E-state index in [0.29, 0.717) is 12.0 Å². The molecule has 0 amide bonds. The van der Waals surface area contributed by atoms with Gasteiger partial charge in [0.05, 0.1) is 11.1 Å². The molecule has 3 N–H and O–H groups in total. The molecule has 0 aromatic carbocycles. The topological polar surface area (TPSA) is 73.1 Å². The van der Waals surface area contributed by atoms with Crippen molar-refractivity contribution in [2.45, 2.75) is 19.4 Å². The van der Waals surface area contributed by atoms with Gasteiger partial charge in [0.25, 0.3) is 0 Å². The average Bonchev–Trinajstić information content (AvgIpc) is 2.76. The highest BCUT2D eigenvalue weighted by Crippen LogP contribution is 2.24. The normalized spacial score (nSPS) is 22.0. The number of aromatic nitrogens is 2. The summed E-state index contributed by atoms with van der Waals surface area (Å²) in [5, 5.41) is 3.33. The number of anilines is 2. The maximum atomic E-state index is 5.55. The minimum absolute atomic E-state index is 0.278. The Morgan fingerprint density at radius 3 is 3.19 bits per heavy atom. The highest BCUT2D eigenvalue weighted by atomic mass is 79.9. The molecule has 0 saturated carbocycles. The number of nitrogens with zero attached hydrogens (tertiary/aromatic N) is 2. The van der Waals surface area contributed by atoms with Crippen molar-refractivity contribution in [3.05, 3.63) is 10.7 Å². The zero-order valence-corrected chi connectivity index (χ0v) is 10.7. The molecule has 16 heavy (non-hydrogen) atoms. The smallest absolute Gasteiger partial charge is 0.221 e. The van der Waals surface area contributed by atoms with Crippen LogP contribution in [0.4, 0.5) is 11.8 Å². The molecule has 2 unspecified atom stereocenters. The first-order chi connectivity index (χ1) is 7.66. The molecule has 2 atom stereocenters. The van der Waals surface area contributed by atoms with Crippen LogP contribution in [0.1, 0.15) is 13.3 Å². The van der Waals surface area contributed by atoms with E-state index < -0.39 is 0 Å². The van der Waals surface area contributed by atoms with E-state index in [1.165, 1.54) is 0 Å². The summed E-state index contributed by atoms with van der Waals surface area (Å²) in [6.07, 6.45) is 2.74. The van der Waals surface area contributed by atoms with Gasteiger partial charge in [-0.2, -0.15) is 4.98 Å². The molecule has 0 spiro atoms. The van der Waals surface area contributed by atoms with Crippen molar-refractivity contribution in [2.24, 2.45) is 5.92 Å². The molecule has 6 heteroatoms. The Labute approximate surface area is 103 Å². The highest BCUT2D eigenvalue weighted by Gasteiger charge is 2.22. The summed E-state index contributed by atoms with van der Waals surface area (Å²) in [7, 11) is 0. The largest absolute Gasteiger partial charge is 0.381 e. The minimum Gasteiger partial charge on any atom is -0.381 e. The third kappa shape index (κ3) is 2.62. The van der Waals surface area contributed by atoms with Crippen LogP contribution in [0.15, 0.2) is 10.7 Å². The van der Waals surface area contributed by atoms with Gasteiger partial charge in [0, 0.05) is 24.8 Å². The fourth-order valence-electron chi connectivity index (χ4n) is 1.76. The van der Waals surface area contributed by atoms with Gasteiger partial charge in [-0.1, -0.05) is 0 Å². The predicted molar refractivity (Wildman–Crippen MR) is 66.2 cm³/mol. The van der Waals surface area contributed by atoms with Crippen molar-refractivity contribution in [3.63, 3.8) is 0 Å². The Kier molecular flexibility index (Phi) is 3.60. The summed E-state index contributed by atoms with van der Waals surface area (Å²) in [6.45, 7) is 3.79. The minimum atomic E-state index is 0.278. The monoisotopic (exact) mass is 286 g/mol. The van der Waals surface area contributed by atoms with Gasteiger partial charge < -0.3 is 15.8 Å². The second-order valence-electron chi connectivity index (χ2n) is 3.98. The standard InChI is InChI=1S/C10H15BrN4O/c1-6(7-2-3-16-5-7)14-9-8(11)4-13-10(12)15-9/h4,6-7H,2-3,5H2,1H3,(H3,12,13,14,15). The Bertz CT molecular complexity index is 368. The SMILES string of the molecule is CC(Nc1nc(N)ncc1Br)C1CCOC1. The number of ether oxygens (including phenoxy) is 1. The second kappa shape index (κ2) is 4.97. The van der Waals surface area contributed by atoms with E-state index in [1.807, 2.05) is 0 Å². The lowest BCUT2D eigenvalue weighted by molar-refractivity contribution is 0.183. The lowest BCUT2D eigenvalue weighted by Crippen LogP contribution is -2.27. The summed E-state index contributed by atoms with van der Waals surface area (Å²) in [5.41, 5.74) is 5.55. The van der Waals surface area contributed by atoms with E-state index in [0.717, 1.165) is 29.9 Å². The van der Waals surface area contributed by atoms with Gasteiger partial charge in [-0.05, 0) is 29.3 Å². The van der Waals surface area contributed by atoms with Crippen LogP contribution < -0.4 is 11.1 Å². The first kappa shape index (κ1) is 11.6. The highest BCUT2D eigenvalue weighted by molar-refractivity contribution is 9.10. The Balaban J connectivity index is 2.04. The number of halogens is 1. The maximum Gasteiger partial charge on any atom is 0.221 e. The quantitative estimate of drug-likeness (QED) is 0.884. The summed E-state index contributed by atoms with van der Waals surface area (Å²) >= 11 is 3.39. The van der Waals surface area contributed by atoms with Crippen LogP contribution in [-0.4, -0.2) is 29.2 Å². The average molecular weight is 287 g/mol. The van der Waals surface area contributed by atoms with Crippen LogP contribution in [0, 0.1) is 5.92 Å². The number of hydrogen-bond donors (Lipinski definition) is 2. The third-order valence-electron chi connectivity index (χ3n) is 2.80. The number of rotatable bonds is 3. The predicted octanol–water partition coefficient (Wildman–Crippen LogP) is 1.66. The lowest BCUT2D eigenvalue weighted by atomic mass is 10.0. The van der Waals surface area contributed by atoms with Crippen LogP contribution >= 0.6 is 15.9 Å². The summed E-state index contributed by atoms with van der Waals surface area (Å²) in [5.74, 6) is 1.55. The number of nitrogens with two attached hydrogens (primary N) is 1. The number of hydrogen-bond acceptors (Lipinski definition) is 5. The molecule has 0 radical (unpaired) electrons. The van der Waals surface area contributed by atoms with Crippen LogP contribution in [0.25, 0.3) is 0 Å². The first-order valence-corrected chi connectivity index (χ1v) is 6.08. The molecular weight excluding hydrogens is 272 g/mol. The number of nitrogen functional groups attached to an aromatic ring is 1. The van der Waals surface area contributed by atoms with Crippen LogP contribution in [-0.2, 0) is 4.74 Å². The van der Waals surface area contributed by atoms with Gasteiger partial charge in [-0.15, -0.1) is 0 Å². The van der Waals surface area contributed by atoms with E-state index in [4.69, 9.17) is 10.5 Å². The van der Waals surface area contributed by atoms with Crippen LogP contribution in [0.5, 0.6) is 0 Å². The molecule has 0 aliphatic carbocycles. The van der Waals surface area contributed by atoms with Crippen molar-refractivity contribution >= 4 is 27.7 Å². The van der Waals surface area contributed by atoms with Crippen molar-refractivity contribution in [1.29, 1.82) is 0 Å². The molecule has 1 fully saturated rings. The summed E-state index contributed by atoms with van der Waals surface area (Å²) in [6, 6.07) is 0.313. The Morgan fingerprint density at radius 2 is 2.50 bits per heavy atom. The van der Waals surface area contributed by atoms with E-state index in [1.54, 1.807) is 6.20 Å². The van der Waals surface area contributed by atoms with Gasteiger partial charge in [0.1, 0.15) is 5.82 Å². The Morgan fingerprint density at radius 1 is 1.69 bits per heavy atom. The molecular formula is C10H15BrN4O. The maximum absolute atomic E-state index is 5.55. The fraction of sp³-hybridized carbons (Fsp3) is 0.600. The van der Waals surface area contributed by atoms with Crippen LogP contribution in [0.3, 0.4) is 0 Å².